The molecule has 188 valence electrons. The number of ether oxygens (including phenoxy) is 3. The lowest BCUT2D eigenvalue weighted by atomic mass is 10.2. The molecule has 0 saturated heterocycles. The number of benzene rings is 2. The summed E-state index contributed by atoms with van der Waals surface area (Å²) in [5, 5.41) is 27.9. The molecule has 2 rings (SSSR count). The van der Waals surface area contributed by atoms with Crippen LogP contribution in [-0.2, 0) is 19.4 Å². The summed E-state index contributed by atoms with van der Waals surface area (Å²) in [6.07, 6.45) is 0.489. The molecule has 0 amide bonds. The van der Waals surface area contributed by atoms with Crippen LogP contribution in [0.25, 0.3) is 0 Å². The van der Waals surface area contributed by atoms with E-state index in [-0.39, 0.29) is 11.5 Å². The highest BCUT2D eigenvalue weighted by atomic mass is 32.2. The van der Waals surface area contributed by atoms with Crippen molar-refractivity contribution in [1.82, 2.24) is 5.32 Å². The van der Waals surface area contributed by atoms with Gasteiger partial charge in [-0.05, 0) is 30.7 Å². The number of rotatable bonds is 11. The molecule has 11 nitrogen and oxygen atoms in total. The third-order valence-electron chi connectivity index (χ3n) is 4.19. The van der Waals surface area contributed by atoms with Gasteiger partial charge in [0.1, 0.15) is 25.1 Å². The Kier molecular flexibility index (Phi) is 11.8. The van der Waals surface area contributed by atoms with Crippen molar-refractivity contribution in [2.45, 2.75) is 17.9 Å². The van der Waals surface area contributed by atoms with Crippen LogP contribution in [0.4, 0.5) is 0 Å². The average Bonchev–Trinajstić information content (AvgIpc) is 2.78. The van der Waals surface area contributed by atoms with Gasteiger partial charge in [-0.1, -0.05) is 18.2 Å². The maximum Gasteiger partial charge on any atom is 0.414 e. The molecular weight excluding hydrogens is 470 g/mol. The number of methoxy groups -OCH3 is 1. The van der Waals surface area contributed by atoms with Crippen LogP contribution in [0.15, 0.2) is 47.4 Å². The van der Waals surface area contributed by atoms with Crippen LogP contribution in [-0.4, -0.2) is 81.4 Å². The average molecular weight is 500 g/mol. The Morgan fingerprint density at radius 3 is 2.21 bits per heavy atom. The SMILES string of the molecule is COc1cc(S(C)(=O)=O)ccc1OCCNCC(O)COc1ccccc1C.O=C(O)C(=O)O. The predicted molar refractivity (Wildman–Crippen MR) is 122 cm³/mol. The van der Waals surface area contributed by atoms with Gasteiger partial charge in [0.25, 0.3) is 0 Å². The molecule has 2 aromatic rings. The van der Waals surface area contributed by atoms with Gasteiger partial charge >= 0.3 is 11.9 Å². The molecule has 1 unspecified atom stereocenters. The molecule has 0 heterocycles. The second-order valence-corrected chi connectivity index (χ2v) is 8.99. The molecule has 12 heteroatoms. The molecule has 0 saturated carbocycles. The van der Waals surface area contributed by atoms with E-state index in [1.54, 1.807) is 6.07 Å². The molecule has 0 fully saturated rings. The summed E-state index contributed by atoms with van der Waals surface area (Å²) < 4.78 is 39.6. The first-order valence-electron chi connectivity index (χ1n) is 10.00. The minimum Gasteiger partial charge on any atom is -0.493 e. The minimum atomic E-state index is -3.31. The number of carbonyl (C=O) groups is 2. The summed E-state index contributed by atoms with van der Waals surface area (Å²) in [6.45, 7) is 3.34. The number of hydrogen-bond acceptors (Lipinski definition) is 9. The third-order valence-corrected chi connectivity index (χ3v) is 5.30. The maximum absolute atomic E-state index is 11.6. The molecule has 0 radical (unpaired) electrons. The van der Waals surface area contributed by atoms with Gasteiger partial charge in [-0.15, -0.1) is 0 Å². The van der Waals surface area contributed by atoms with Crippen molar-refractivity contribution in [3.05, 3.63) is 48.0 Å². The summed E-state index contributed by atoms with van der Waals surface area (Å²) in [7, 11) is -1.85. The van der Waals surface area contributed by atoms with Crippen molar-refractivity contribution in [2.75, 3.05) is 39.7 Å². The van der Waals surface area contributed by atoms with Crippen LogP contribution in [0, 0.1) is 6.92 Å². The fourth-order valence-electron chi connectivity index (χ4n) is 2.46. The largest absolute Gasteiger partial charge is 0.493 e. The lowest BCUT2D eigenvalue weighted by Crippen LogP contribution is -2.33. The number of nitrogens with one attached hydrogen (secondary N) is 1. The fraction of sp³-hybridized carbons (Fsp3) is 0.364. The number of carboxylic acids is 2. The summed E-state index contributed by atoms with van der Waals surface area (Å²) in [4.78, 5) is 18.4. The van der Waals surface area contributed by atoms with Crippen LogP contribution < -0.4 is 19.5 Å². The summed E-state index contributed by atoms with van der Waals surface area (Å²) in [6, 6.07) is 12.1. The second kappa shape index (κ2) is 14.0. The lowest BCUT2D eigenvalue weighted by molar-refractivity contribution is -0.159. The molecule has 0 spiro atoms. The van der Waals surface area contributed by atoms with Gasteiger partial charge in [0.05, 0.1) is 12.0 Å². The van der Waals surface area contributed by atoms with Gasteiger partial charge in [0, 0.05) is 25.4 Å². The number of aliphatic hydroxyl groups is 1. The highest BCUT2D eigenvalue weighted by molar-refractivity contribution is 7.90. The van der Waals surface area contributed by atoms with Crippen molar-refractivity contribution in [3.63, 3.8) is 0 Å². The van der Waals surface area contributed by atoms with Crippen molar-refractivity contribution in [2.24, 2.45) is 0 Å². The molecule has 1 atom stereocenters. The number of aryl methyl sites for hydroxylation is 1. The lowest BCUT2D eigenvalue weighted by Gasteiger charge is -2.15. The first kappa shape index (κ1) is 28.7. The van der Waals surface area contributed by atoms with E-state index >= 15 is 0 Å². The van der Waals surface area contributed by atoms with E-state index in [9.17, 15) is 13.5 Å². The van der Waals surface area contributed by atoms with Gasteiger partial charge in [-0.25, -0.2) is 18.0 Å². The molecule has 0 aliphatic carbocycles. The Balaban J connectivity index is 0.000000852. The smallest absolute Gasteiger partial charge is 0.414 e. The molecule has 0 aromatic heterocycles. The topological polar surface area (TPSA) is 169 Å². The molecular formula is C22H29NO10S. The normalized spacial score (nSPS) is 11.5. The van der Waals surface area contributed by atoms with Crippen LogP contribution >= 0.6 is 0 Å². The first-order chi connectivity index (χ1) is 16.0. The van der Waals surface area contributed by atoms with Crippen molar-refractivity contribution in [1.29, 1.82) is 0 Å². The number of para-hydroxylation sites is 1. The number of carboxylic acid groups (broad SMARTS) is 2. The van der Waals surface area contributed by atoms with E-state index in [4.69, 9.17) is 34.0 Å². The monoisotopic (exact) mass is 499 g/mol. The number of aliphatic carboxylic acids is 2. The molecule has 0 bridgehead atoms. The van der Waals surface area contributed by atoms with Crippen molar-refractivity contribution in [3.8, 4) is 17.2 Å². The summed E-state index contributed by atoms with van der Waals surface area (Å²) in [5.74, 6) is -2.07. The summed E-state index contributed by atoms with van der Waals surface area (Å²) in [5.41, 5.74) is 1.02. The van der Waals surface area contributed by atoms with E-state index < -0.39 is 27.9 Å². The highest BCUT2D eigenvalue weighted by Crippen LogP contribution is 2.29. The zero-order valence-electron chi connectivity index (χ0n) is 19.1. The van der Waals surface area contributed by atoms with Crippen LogP contribution in [0.3, 0.4) is 0 Å². The van der Waals surface area contributed by atoms with Crippen molar-refractivity contribution < 1.29 is 47.5 Å². The zero-order chi connectivity index (χ0) is 25.7. The minimum absolute atomic E-state index is 0.173. The second-order valence-electron chi connectivity index (χ2n) is 6.98. The van der Waals surface area contributed by atoms with Gasteiger partial charge in [0.15, 0.2) is 21.3 Å². The Labute approximate surface area is 197 Å². The van der Waals surface area contributed by atoms with Gasteiger partial charge in [-0.2, -0.15) is 0 Å². The quantitative estimate of drug-likeness (QED) is 0.257. The third kappa shape index (κ3) is 10.5. The fourth-order valence-corrected chi connectivity index (χ4v) is 3.10. The van der Waals surface area contributed by atoms with E-state index in [0.717, 1.165) is 17.6 Å². The van der Waals surface area contributed by atoms with E-state index in [0.29, 0.717) is 31.2 Å². The number of hydrogen-bond donors (Lipinski definition) is 4. The molecule has 0 aliphatic rings. The van der Waals surface area contributed by atoms with E-state index in [1.807, 2.05) is 31.2 Å². The zero-order valence-corrected chi connectivity index (χ0v) is 19.9. The summed E-state index contributed by atoms with van der Waals surface area (Å²) >= 11 is 0. The Bertz CT molecular complexity index is 1040. The Morgan fingerprint density at radius 1 is 1.00 bits per heavy atom. The Morgan fingerprint density at radius 2 is 1.65 bits per heavy atom. The first-order valence-corrected chi connectivity index (χ1v) is 11.9. The number of aliphatic hydroxyl groups excluding tert-OH is 1. The van der Waals surface area contributed by atoms with Gasteiger partial charge in [0.2, 0.25) is 0 Å². The predicted octanol–water partition coefficient (Wildman–Crippen LogP) is 0.971. The van der Waals surface area contributed by atoms with Crippen LogP contribution in [0.2, 0.25) is 0 Å². The maximum atomic E-state index is 11.6. The molecule has 0 aliphatic heterocycles. The molecule has 34 heavy (non-hydrogen) atoms. The molecule has 4 N–H and O–H groups in total. The highest BCUT2D eigenvalue weighted by Gasteiger charge is 2.12. The van der Waals surface area contributed by atoms with Crippen molar-refractivity contribution >= 4 is 21.8 Å². The van der Waals surface area contributed by atoms with Gasteiger partial charge < -0.3 is 34.8 Å². The molecule has 2 aromatic carbocycles. The van der Waals surface area contributed by atoms with Gasteiger partial charge in [-0.3, -0.25) is 0 Å². The van der Waals surface area contributed by atoms with Crippen LogP contribution in [0.5, 0.6) is 17.2 Å². The number of sulfone groups is 1. The van der Waals surface area contributed by atoms with E-state index in [1.165, 1.54) is 19.2 Å². The van der Waals surface area contributed by atoms with E-state index in [2.05, 4.69) is 5.32 Å². The van der Waals surface area contributed by atoms with Crippen LogP contribution in [0.1, 0.15) is 5.56 Å². The Hall–Kier alpha value is -3.35. The standard InChI is InChI=1S/C20H27NO6S.C2H2O4/c1-15-6-4-5-7-18(15)27-14-16(22)13-21-10-11-26-19-9-8-17(28(3,23)24)12-20(19)25-2;3-1(4)2(5)6/h4-9,12,16,21-22H,10-11,13-14H2,1-3H3;(H,3,4)(H,5,6).